The molecule has 6 nitrogen and oxygen atoms in total. The summed E-state index contributed by atoms with van der Waals surface area (Å²) in [7, 11) is 1.89. The molecule has 0 radical (unpaired) electrons. The van der Waals surface area contributed by atoms with E-state index in [0.717, 1.165) is 30.2 Å². The summed E-state index contributed by atoms with van der Waals surface area (Å²) in [5.74, 6) is 1.49. The molecule has 108 valence electrons. The van der Waals surface area contributed by atoms with Crippen LogP contribution in [0.5, 0.6) is 0 Å². The summed E-state index contributed by atoms with van der Waals surface area (Å²) in [5, 5.41) is 7.67. The number of nitrogens with zero attached hydrogens (tertiary/aromatic N) is 4. The van der Waals surface area contributed by atoms with E-state index in [-0.39, 0.29) is 0 Å². The zero-order valence-electron chi connectivity index (χ0n) is 12.3. The van der Waals surface area contributed by atoms with E-state index in [1.165, 1.54) is 0 Å². The number of hydrogen-bond acceptors (Lipinski definition) is 5. The van der Waals surface area contributed by atoms with Crippen LogP contribution >= 0.6 is 0 Å². The van der Waals surface area contributed by atoms with E-state index in [1.54, 1.807) is 4.68 Å². The molecule has 2 aromatic rings. The number of aryl methyl sites for hydroxylation is 1. The van der Waals surface area contributed by atoms with Crippen molar-refractivity contribution >= 4 is 5.82 Å². The zero-order valence-corrected chi connectivity index (χ0v) is 12.3. The first-order chi connectivity index (χ1) is 9.72. The van der Waals surface area contributed by atoms with Crippen LogP contribution in [-0.4, -0.2) is 32.9 Å². The van der Waals surface area contributed by atoms with Gasteiger partial charge < -0.3 is 10.1 Å². The lowest BCUT2D eigenvalue weighted by atomic mass is 10.3. The van der Waals surface area contributed by atoms with E-state index < -0.39 is 0 Å². The Kier molecular flexibility index (Phi) is 5.06. The third kappa shape index (κ3) is 3.77. The summed E-state index contributed by atoms with van der Waals surface area (Å²) in [6, 6.07) is 3.86. The van der Waals surface area contributed by atoms with Crippen LogP contribution in [0, 0.1) is 0 Å². The molecule has 0 saturated carbocycles. The molecule has 0 aliphatic carbocycles. The molecular weight excluding hydrogens is 254 g/mol. The SMILES string of the molecule is CCCNc1cc(-c2ccn(C)n2)nc(COCC)n1. The highest BCUT2D eigenvalue weighted by Gasteiger charge is 2.09. The van der Waals surface area contributed by atoms with Gasteiger partial charge in [-0.2, -0.15) is 5.10 Å². The first-order valence-corrected chi connectivity index (χ1v) is 6.92. The lowest BCUT2D eigenvalue weighted by molar-refractivity contribution is 0.128. The molecule has 0 aromatic carbocycles. The highest BCUT2D eigenvalue weighted by Crippen LogP contribution is 2.18. The van der Waals surface area contributed by atoms with Crippen molar-refractivity contribution in [3.63, 3.8) is 0 Å². The highest BCUT2D eigenvalue weighted by molar-refractivity contribution is 5.58. The normalized spacial score (nSPS) is 10.8. The van der Waals surface area contributed by atoms with Crippen molar-refractivity contribution < 1.29 is 4.74 Å². The van der Waals surface area contributed by atoms with Gasteiger partial charge in [0.25, 0.3) is 0 Å². The van der Waals surface area contributed by atoms with Gasteiger partial charge in [0.15, 0.2) is 5.82 Å². The molecule has 20 heavy (non-hydrogen) atoms. The molecule has 2 aromatic heterocycles. The van der Waals surface area contributed by atoms with Crippen LogP contribution in [0.3, 0.4) is 0 Å². The predicted molar refractivity (Wildman–Crippen MR) is 78.3 cm³/mol. The summed E-state index contributed by atoms with van der Waals surface area (Å²) < 4.78 is 7.16. The second-order valence-electron chi connectivity index (χ2n) is 4.49. The Labute approximate surface area is 119 Å². The van der Waals surface area contributed by atoms with E-state index in [9.17, 15) is 0 Å². The predicted octanol–water partition coefficient (Wildman–Crippen LogP) is 2.24. The largest absolute Gasteiger partial charge is 0.374 e. The van der Waals surface area contributed by atoms with Crippen molar-refractivity contribution in [2.24, 2.45) is 7.05 Å². The molecule has 0 fully saturated rings. The average molecular weight is 275 g/mol. The Morgan fingerprint density at radius 3 is 2.75 bits per heavy atom. The molecule has 6 heteroatoms. The molecule has 0 aliphatic rings. The third-order valence-electron chi connectivity index (χ3n) is 2.74. The number of hydrogen-bond donors (Lipinski definition) is 1. The van der Waals surface area contributed by atoms with Gasteiger partial charge in [-0.3, -0.25) is 4.68 Å². The van der Waals surface area contributed by atoms with E-state index in [0.29, 0.717) is 19.0 Å². The summed E-state index contributed by atoms with van der Waals surface area (Å²) in [6.45, 7) is 6.02. The maximum absolute atomic E-state index is 5.40. The van der Waals surface area contributed by atoms with Crippen molar-refractivity contribution in [3.05, 3.63) is 24.2 Å². The number of nitrogens with one attached hydrogen (secondary N) is 1. The van der Waals surface area contributed by atoms with Crippen LogP contribution in [0.2, 0.25) is 0 Å². The minimum absolute atomic E-state index is 0.415. The van der Waals surface area contributed by atoms with Gasteiger partial charge in [-0.25, -0.2) is 9.97 Å². The molecule has 0 bridgehead atoms. The van der Waals surface area contributed by atoms with Crippen LogP contribution in [0.25, 0.3) is 11.4 Å². The molecule has 0 saturated heterocycles. The van der Waals surface area contributed by atoms with Gasteiger partial charge in [0, 0.05) is 32.5 Å². The van der Waals surface area contributed by atoms with Gasteiger partial charge in [0.05, 0.1) is 5.69 Å². The van der Waals surface area contributed by atoms with Gasteiger partial charge in [0.2, 0.25) is 0 Å². The summed E-state index contributed by atoms with van der Waals surface area (Å²) in [5.41, 5.74) is 1.65. The standard InChI is InChI=1S/C14H21N5O/c1-4-7-15-13-9-12(11-6-8-19(3)18-11)16-14(17-13)10-20-5-2/h6,8-9H,4-5,7,10H2,1-3H3,(H,15,16,17). The Hall–Kier alpha value is -1.95. The molecule has 0 amide bonds. The minimum atomic E-state index is 0.415. The van der Waals surface area contributed by atoms with E-state index >= 15 is 0 Å². The monoisotopic (exact) mass is 275 g/mol. The van der Waals surface area contributed by atoms with Crippen LogP contribution < -0.4 is 5.32 Å². The minimum Gasteiger partial charge on any atom is -0.374 e. The smallest absolute Gasteiger partial charge is 0.157 e. The fourth-order valence-electron chi connectivity index (χ4n) is 1.78. The molecule has 0 aliphatic heterocycles. The van der Waals surface area contributed by atoms with Crippen LogP contribution in [0.4, 0.5) is 5.82 Å². The Morgan fingerprint density at radius 2 is 2.10 bits per heavy atom. The number of anilines is 1. The first-order valence-electron chi connectivity index (χ1n) is 6.92. The van der Waals surface area contributed by atoms with Gasteiger partial charge >= 0.3 is 0 Å². The summed E-state index contributed by atoms with van der Waals surface area (Å²) in [4.78, 5) is 8.97. The van der Waals surface area contributed by atoms with Gasteiger partial charge in [-0.05, 0) is 19.4 Å². The highest BCUT2D eigenvalue weighted by atomic mass is 16.5. The van der Waals surface area contributed by atoms with E-state index in [1.807, 2.05) is 32.3 Å². The quantitative estimate of drug-likeness (QED) is 0.839. The molecular formula is C14H21N5O. The Balaban J connectivity index is 2.29. The maximum atomic E-state index is 5.40. The lowest BCUT2D eigenvalue weighted by Gasteiger charge is -2.08. The van der Waals surface area contributed by atoms with E-state index in [2.05, 4.69) is 27.3 Å². The van der Waals surface area contributed by atoms with Gasteiger partial charge in [0.1, 0.15) is 18.1 Å². The molecule has 0 atom stereocenters. The lowest BCUT2D eigenvalue weighted by Crippen LogP contribution is -2.07. The second-order valence-corrected chi connectivity index (χ2v) is 4.49. The molecule has 1 N–H and O–H groups in total. The number of rotatable bonds is 7. The van der Waals surface area contributed by atoms with Crippen molar-refractivity contribution in [1.29, 1.82) is 0 Å². The number of aromatic nitrogens is 4. The third-order valence-corrected chi connectivity index (χ3v) is 2.74. The Bertz CT molecular complexity index is 526. The van der Waals surface area contributed by atoms with Gasteiger partial charge in [-0.15, -0.1) is 0 Å². The molecule has 2 rings (SSSR count). The van der Waals surface area contributed by atoms with E-state index in [4.69, 9.17) is 4.74 Å². The van der Waals surface area contributed by atoms with Gasteiger partial charge in [-0.1, -0.05) is 6.92 Å². The van der Waals surface area contributed by atoms with Crippen LogP contribution in [0.1, 0.15) is 26.1 Å². The molecule has 2 heterocycles. The summed E-state index contributed by atoms with van der Waals surface area (Å²) >= 11 is 0. The van der Waals surface area contributed by atoms with Crippen LogP contribution in [0.15, 0.2) is 18.3 Å². The van der Waals surface area contributed by atoms with Crippen molar-refractivity contribution in [1.82, 2.24) is 19.7 Å². The topological polar surface area (TPSA) is 64.9 Å². The molecule has 0 unspecified atom stereocenters. The Morgan fingerprint density at radius 1 is 1.25 bits per heavy atom. The maximum Gasteiger partial charge on any atom is 0.157 e. The van der Waals surface area contributed by atoms with Crippen molar-refractivity contribution in [2.75, 3.05) is 18.5 Å². The molecule has 0 spiro atoms. The average Bonchev–Trinajstić information content (AvgIpc) is 2.89. The fourth-order valence-corrected chi connectivity index (χ4v) is 1.78. The van der Waals surface area contributed by atoms with Crippen molar-refractivity contribution in [2.45, 2.75) is 26.9 Å². The zero-order chi connectivity index (χ0) is 14.4. The number of ether oxygens (including phenoxy) is 1. The van der Waals surface area contributed by atoms with Crippen molar-refractivity contribution in [3.8, 4) is 11.4 Å². The summed E-state index contributed by atoms with van der Waals surface area (Å²) in [6.07, 6.45) is 2.95. The second kappa shape index (κ2) is 7.00. The first kappa shape index (κ1) is 14.5. The van der Waals surface area contributed by atoms with Crippen LogP contribution in [-0.2, 0) is 18.4 Å². The fraction of sp³-hybridized carbons (Fsp3) is 0.500.